The van der Waals surface area contributed by atoms with Gasteiger partial charge in [-0.15, -0.1) is 0 Å². The van der Waals surface area contributed by atoms with Crippen molar-refractivity contribution in [2.75, 3.05) is 17.7 Å². The largest absolute Gasteiger partial charge is 0.462 e. The Morgan fingerprint density at radius 1 is 1.38 bits per heavy atom. The van der Waals surface area contributed by atoms with Crippen molar-refractivity contribution < 1.29 is 13.9 Å². The summed E-state index contributed by atoms with van der Waals surface area (Å²) >= 11 is 5.81. The predicted molar refractivity (Wildman–Crippen MR) is 81.5 cm³/mol. The Labute approximate surface area is 126 Å². The van der Waals surface area contributed by atoms with Crippen molar-refractivity contribution in [3.63, 3.8) is 0 Å². The summed E-state index contributed by atoms with van der Waals surface area (Å²) in [5, 5.41) is 3.15. The molecule has 0 saturated carbocycles. The molecule has 21 heavy (non-hydrogen) atoms. The monoisotopic (exact) mass is 308 g/mol. The summed E-state index contributed by atoms with van der Waals surface area (Å²) in [6.45, 7) is 1.96. The average molecular weight is 309 g/mol. The summed E-state index contributed by atoms with van der Waals surface area (Å²) in [5.74, 6) is -0.994. The fourth-order valence-electron chi connectivity index (χ4n) is 1.86. The van der Waals surface area contributed by atoms with Crippen LogP contribution in [0.3, 0.4) is 0 Å². The summed E-state index contributed by atoms with van der Waals surface area (Å²) in [5.41, 5.74) is 7.26. The maximum absolute atomic E-state index is 13.4. The number of nitrogen functional groups attached to an aromatic ring is 1. The van der Waals surface area contributed by atoms with Crippen LogP contribution in [0.2, 0.25) is 5.02 Å². The van der Waals surface area contributed by atoms with Crippen molar-refractivity contribution in [3.05, 3.63) is 52.8 Å². The van der Waals surface area contributed by atoms with E-state index < -0.39 is 11.8 Å². The molecule has 0 bridgehead atoms. The summed E-state index contributed by atoms with van der Waals surface area (Å²) in [6.07, 6.45) is 0. The van der Waals surface area contributed by atoms with Crippen LogP contribution in [0.1, 0.15) is 17.3 Å². The highest BCUT2D eigenvalue weighted by atomic mass is 35.5. The Bertz CT molecular complexity index is 656. The van der Waals surface area contributed by atoms with E-state index in [9.17, 15) is 9.18 Å². The molecule has 0 aromatic heterocycles. The van der Waals surface area contributed by atoms with Gasteiger partial charge in [0.05, 0.1) is 23.5 Å². The molecule has 0 aliphatic rings. The standard InChI is InChI=1S/C15H14ClFN2O2/c1-2-21-15(20)12-4-3-5-13(18)14(12)19-11-7-9(16)6-10(17)8-11/h3-8,19H,2,18H2,1H3. The molecule has 4 nitrogen and oxygen atoms in total. The number of rotatable bonds is 4. The number of carbonyl (C=O) groups is 1. The lowest BCUT2D eigenvalue weighted by Crippen LogP contribution is -2.09. The van der Waals surface area contributed by atoms with Crippen LogP contribution in [0.4, 0.5) is 21.5 Å². The number of benzene rings is 2. The van der Waals surface area contributed by atoms with E-state index in [-0.39, 0.29) is 17.2 Å². The number of hydrogen-bond donors (Lipinski definition) is 2. The Morgan fingerprint density at radius 3 is 2.81 bits per heavy atom. The number of nitrogens with one attached hydrogen (secondary N) is 1. The first-order chi connectivity index (χ1) is 10.0. The zero-order valence-electron chi connectivity index (χ0n) is 11.3. The first-order valence-electron chi connectivity index (χ1n) is 6.30. The minimum Gasteiger partial charge on any atom is -0.462 e. The van der Waals surface area contributed by atoms with Crippen LogP contribution in [0.5, 0.6) is 0 Å². The summed E-state index contributed by atoms with van der Waals surface area (Å²) in [4.78, 5) is 11.9. The molecule has 2 aromatic carbocycles. The maximum Gasteiger partial charge on any atom is 0.340 e. The lowest BCUT2D eigenvalue weighted by Gasteiger charge is -2.14. The number of hydrogen-bond acceptors (Lipinski definition) is 4. The van der Waals surface area contributed by atoms with Crippen LogP contribution in [0.15, 0.2) is 36.4 Å². The first-order valence-corrected chi connectivity index (χ1v) is 6.67. The Kier molecular flexibility index (Phi) is 4.65. The zero-order valence-corrected chi connectivity index (χ0v) is 12.1. The van der Waals surface area contributed by atoms with Crippen molar-refractivity contribution in [3.8, 4) is 0 Å². The molecule has 2 aromatic rings. The summed E-state index contributed by atoms with van der Waals surface area (Å²) < 4.78 is 18.3. The van der Waals surface area contributed by atoms with Gasteiger partial charge in [-0.3, -0.25) is 0 Å². The molecule has 0 fully saturated rings. The number of para-hydroxylation sites is 1. The molecule has 0 spiro atoms. The molecular weight excluding hydrogens is 295 g/mol. The Hall–Kier alpha value is -2.27. The van der Waals surface area contributed by atoms with Crippen LogP contribution in [0, 0.1) is 5.82 Å². The molecule has 2 rings (SSSR count). The SMILES string of the molecule is CCOC(=O)c1cccc(N)c1Nc1cc(F)cc(Cl)c1. The van der Waals surface area contributed by atoms with Gasteiger partial charge in [-0.2, -0.15) is 0 Å². The average Bonchev–Trinajstić information content (AvgIpc) is 2.40. The number of anilines is 3. The van der Waals surface area contributed by atoms with Gasteiger partial charge in [-0.05, 0) is 37.3 Å². The number of ether oxygens (including phenoxy) is 1. The molecule has 0 atom stereocenters. The topological polar surface area (TPSA) is 64.3 Å². The predicted octanol–water partition coefficient (Wildman–Crippen LogP) is 3.98. The Balaban J connectivity index is 2.41. The Morgan fingerprint density at radius 2 is 2.14 bits per heavy atom. The van der Waals surface area contributed by atoms with Gasteiger partial charge in [0.1, 0.15) is 5.82 Å². The molecule has 3 N–H and O–H groups in total. The second-order valence-electron chi connectivity index (χ2n) is 4.27. The van der Waals surface area contributed by atoms with Crippen molar-refractivity contribution in [1.29, 1.82) is 0 Å². The second kappa shape index (κ2) is 6.45. The van der Waals surface area contributed by atoms with Gasteiger partial charge in [-0.25, -0.2) is 9.18 Å². The smallest absolute Gasteiger partial charge is 0.340 e. The van der Waals surface area contributed by atoms with E-state index in [1.165, 1.54) is 18.2 Å². The van der Waals surface area contributed by atoms with Gasteiger partial charge in [0.15, 0.2) is 0 Å². The molecule has 0 radical (unpaired) electrons. The van der Waals surface area contributed by atoms with Gasteiger partial charge in [0, 0.05) is 10.7 Å². The van der Waals surface area contributed by atoms with E-state index >= 15 is 0 Å². The van der Waals surface area contributed by atoms with Gasteiger partial charge >= 0.3 is 5.97 Å². The van der Waals surface area contributed by atoms with Gasteiger partial charge < -0.3 is 15.8 Å². The molecule has 110 valence electrons. The fourth-order valence-corrected chi connectivity index (χ4v) is 2.08. The second-order valence-corrected chi connectivity index (χ2v) is 4.71. The minimum atomic E-state index is -0.505. The molecule has 0 heterocycles. The lowest BCUT2D eigenvalue weighted by atomic mass is 10.1. The quantitative estimate of drug-likeness (QED) is 0.662. The van der Waals surface area contributed by atoms with Gasteiger partial charge in [0.2, 0.25) is 0 Å². The van der Waals surface area contributed by atoms with Crippen LogP contribution in [0.25, 0.3) is 0 Å². The van der Waals surface area contributed by atoms with Crippen molar-refractivity contribution in [2.45, 2.75) is 6.92 Å². The van der Waals surface area contributed by atoms with Crippen LogP contribution in [-0.2, 0) is 4.74 Å². The molecule has 0 aliphatic heterocycles. The number of esters is 1. The lowest BCUT2D eigenvalue weighted by molar-refractivity contribution is 0.0527. The van der Waals surface area contributed by atoms with E-state index in [0.29, 0.717) is 17.1 Å². The third-order valence-corrected chi connectivity index (χ3v) is 2.94. The molecule has 6 heteroatoms. The van der Waals surface area contributed by atoms with Crippen LogP contribution in [-0.4, -0.2) is 12.6 Å². The third kappa shape index (κ3) is 3.64. The van der Waals surface area contributed by atoms with E-state index in [0.717, 1.165) is 0 Å². The fraction of sp³-hybridized carbons (Fsp3) is 0.133. The molecule has 0 aliphatic carbocycles. The van der Waals surface area contributed by atoms with E-state index in [1.54, 1.807) is 25.1 Å². The number of carbonyl (C=O) groups excluding carboxylic acids is 1. The third-order valence-electron chi connectivity index (χ3n) is 2.72. The molecule has 0 unspecified atom stereocenters. The number of nitrogens with two attached hydrogens (primary N) is 1. The highest BCUT2D eigenvalue weighted by Gasteiger charge is 2.15. The maximum atomic E-state index is 13.4. The zero-order chi connectivity index (χ0) is 15.4. The van der Waals surface area contributed by atoms with Crippen LogP contribution >= 0.6 is 11.6 Å². The first kappa shape index (κ1) is 15.1. The molecule has 0 amide bonds. The highest BCUT2D eigenvalue weighted by molar-refractivity contribution is 6.30. The van der Waals surface area contributed by atoms with E-state index in [1.807, 2.05) is 0 Å². The van der Waals surface area contributed by atoms with Crippen LogP contribution < -0.4 is 11.1 Å². The molecular formula is C15H14ClFN2O2. The van der Waals surface area contributed by atoms with E-state index in [4.69, 9.17) is 22.1 Å². The summed E-state index contributed by atoms with van der Waals surface area (Å²) in [6, 6.07) is 8.83. The highest BCUT2D eigenvalue weighted by Crippen LogP contribution is 2.29. The van der Waals surface area contributed by atoms with Crippen molar-refractivity contribution in [2.24, 2.45) is 0 Å². The minimum absolute atomic E-state index is 0.240. The van der Waals surface area contributed by atoms with Gasteiger partial charge in [-0.1, -0.05) is 17.7 Å². The van der Waals surface area contributed by atoms with Crippen molar-refractivity contribution in [1.82, 2.24) is 0 Å². The normalized spacial score (nSPS) is 10.2. The molecule has 0 saturated heterocycles. The summed E-state index contributed by atoms with van der Waals surface area (Å²) in [7, 11) is 0. The number of halogens is 2. The van der Waals surface area contributed by atoms with Gasteiger partial charge in [0.25, 0.3) is 0 Å². The van der Waals surface area contributed by atoms with Crippen molar-refractivity contribution >= 4 is 34.6 Å². The van der Waals surface area contributed by atoms with E-state index in [2.05, 4.69) is 5.32 Å².